The van der Waals surface area contributed by atoms with Gasteiger partial charge in [-0.3, -0.25) is 4.21 Å². The highest BCUT2D eigenvalue weighted by Crippen LogP contribution is 2.16. The fourth-order valence-electron chi connectivity index (χ4n) is 1.41. The van der Waals surface area contributed by atoms with E-state index in [1.165, 1.54) is 0 Å². The largest absolute Gasteiger partial charge is 0.497 e. The maximum Gasteiger partial charge on any atom is 0.119 e. The lowest BCUT2D eigenvalue weighted by Gasteiger charge is -2.06. The summed E-state index contributed by atoms with van der Waals surface area (Å²) >= 11 is 0. The van der Waals surface area contributed by atoms with Gasteiger partial charge in [-0.1, -0.05) is 0 Å². The molecule has 0 saturated carbocycles. The SMILES string of the molecule is COc1ccc(OCCCS(=O)CCCO)cc1. The van der Waals surface area contributed by atoms with E-state index < -0.39 is 10.8 Å². The third kappa shape index (κ3) is 6.02. The van der Waals surface area contributed by atoms with Crippen LogP contribution >= 0.6 is 0 Å². The van der Waals surface area contributed by atoms with Crippen LogP contribution in [0.25, 0.3) is 0 Å². The molecule has 5 heteroatoms. The topological polar surface area (TPSA) is 55.8 Å². The van der Waals surface area contributed by atoms with Crippen molar-refractivity contribution in [2.75, 3.05) is 31.8 Å². The summed E-state index contributed by atoms with van der Waals surface area (Å²) in [6.45, 7) is 0.658. The van der Waals surface area contributed by atoms with Crippen LogP contribution in [0.1, 0.15) is 12.8 Å². The molecule has 1 N–H and O–H groups in total. The molecule has 0 radical (unpaired) electrons. The van der Waals surface area contributed by atoms with Crippen molar-refractivity contribution in [1.82, 2.24) is 0 Å². The highest BCUT2D eigenvalue weighted by Gasteiger charge is 2.00. The number of aliphatic hydroxyl groups is 1. The molecule has 1 unspecified atom stereocenters. The van der Waals surface area contributed by atoms with Gasteiger partial charge in [-0.2, -0.15) is 0 Å². The standard InChI is InChI=1S/C13H20O4S/c1-16-12-4-6-13(7-5-12)17-9-3-11-18(15)10-2-8-14/h4-7,14H,2-3,8-11H2,1H3. The van der Waals surface area contributed by atoms with Gasteiger partial charge in [0.1, 0.15) is 11.5 Å². The predicted molar refractivity (Wildman–Crippen MR) is 72.7 cm³/mol. The Labute approximate surface area is 110 Å². The monoisotopic (exact) mass is 272 g/mol. The molecule has 102 valence electrons. The van der Waals surface area contributed by atoms with Gasteiger partial charge in [-0.25, -0.2) is 0 Å². The van der Waals surface area contributed by atoms with Gasteiger partial charge in [0.2, 0.25) is 0 Å². The number of hydrogen-bond donors (Lipinski definition) is 1. The molecule has 0 spiro atoms. The number of hydrogen-bond acceptors (Lipinski definition) is 4. The third-order valence-corrected chi connectivity index (χ3v) is 3.86. The zero-order valence-corrected chi connectivity index (χ0v) is 11.4. The quantitative estimate of drug-likeness (QED) is 0.694. The highest BCUT2D eigenvalue weighted by molar-refractivity contribution is 7.84. The first-order chi connectivity index (χ1) is 8.76. The van der Waals surface area contributed by atoms with E-state index in [1.54, 1.807) is 7.11 Å². The van der Waals surface area contributed by atoms with Gasteiger partial charge < -0.3 is 14.6 Å². The molecular formula is C13H20O4S. The predicted octanol–water partition coefficient (Wildman–Crippen LogP) is 1.60. The average Bonchev–Trinajstić information content (AvgIpc) is 2.42. The van der Waals surface area contributed by atoms with Crippen molar-refractivity contribution >= 4 is 10.8 Å². The molecule has 0 amide bonds. The second-order valence-corrected chi connectivity index (χ2v) is 5.50. The first-order valence-electron chi connectivity index (χ1n) is 5.99. The molecule has 0 saturated heterocycles. The number of rotatable bonds is 9. The summed E-state index contributed by atoms with van der Waals surface area (Å²) in [5.74, 6) is 2.78. The Hall–Kier alpha value is -1.07. The summed E-state index contributed by atoms with van der Waals surface area (Å²) in [5.41, 5.74) is 0. The van der Waals surface area contributed by atoms with Gasteiger partial charge in [0.05, 0.1) is 13.7 Å². The van der Waals surface area contributed by atoms with Crippen LogP contribution in [-0.4, -0.2) is 41.1 Å². The number of ether oxygens (including phenoxy) is 2. The van der Waals surface area contributed by atoms with Crippen LogP contribution in [0, 0.1) is 0 Å². The van der Waals surface area contributed by atoms with E-state index in [0.717, 1.165) is 17.9 Å². The molecule has 1 atom stereocenters. The van der Waals surface area contributed by atoms with E-state index in [4.69, 9.17) is 14.6 Å². The van der Waals surface area contributed by atoms with Gasteiger partial charge in [0.25, 0.3) is 0 Å². The molecule has 1 aromatic carbocycles. The number of aliphatic hydroxyl groups excluding tert-OH is 1. The molecular weight excluding hydrogens is 252 g/mol. The molecule has 0 fully saturated rings. The number of methoxy groups -OCH3 is 1. The number of benzene rings is 1. The van der Waals surface area contributed by atoms with Crippen LogP contribution in [0.4, 0.5) is 0 Å². The minimum atomic E-state index is -0.843. The Morgan fingerprint density at radius 1 is 1.11 bits per heavy atom. The van der Waals surface area contributed by atoms with Crippen LogP contribution < -0.4 is 9.47 Å². The summed E-state index contributed by atoms with van der Waals surface area (Å²) < 4.78 is 22.0. The first-order valence-corrected chi connectivity index (χ1v) is 7.47. The van der Waals surface area contributed by atoms with Crippen molar-refractivity contribution in [1.29, 1.82) is 0 Å². The molecule has 0 aromatic heterocycles. The lowest BCUT2D eigenvalue weighted by atomic mass is 10.3. The molecule has 0 bridgehead atoms. The Balaban J connectivity index is 2.15. The van der Waals surface area contributed by atoms with Crippen molar-refractivity contribution in [2.45, 2.75) is 12.8 Å². The minimum Gasteiger partial charge on any atom is -0.497 e. The zero-order valence-electron chi connectivity index (χ0n) is 10.6. The molecule has 1 rings (SSSR count). The van der Waals surface area contributed by atoms with E-state index in [1.807, 2.05) is 24.3 Å². The molecule has 0 aliphatic heterocycles. The fourth-order valence-corrected chi connectivity index (χ4v) is 2.50. The average molecular weight is 272 g/mol. The van der Waals surface area contributed by atoms with Crippen LogP contribution in [0.2, 0.25) is 0 Å². The molecule has 18 heavy (non-hydrogen) atoms. The van der Waals surface area contributed by atoms with Crippen molar-refractivity contribution in [3.63, 3.8) is 0 Å². The van der Waals surface area contributed by atoms with Crippen molar-refractivity contribution < 1.29 is 18.8 Å². The lowest BCUT2D eigenvalue weighted by Crippen LogP contribution is -2.08. The fraction of sp³-hybridized carbons (Fsp3) is 0.538. The third-order valence-electron chi connectivity index (χ3n) is 2.37. The molecule has 0 aliphatic carbocycles. The Morgan fingerprint density at radius 2 is 1.72 bits per heavy atom. The second kappa shape index (κ2) is 8.94. The van der Waals surface area contributed by atoms with Crippen LogP contribution in [0.3, 0.4) is 0 Å². The molecule has 1 aromatic rings. The van der Waals surface area contributed by atoms with Gasteiger partial charge in [-0.05, 0) is 37.1 Å². The smallest absolute Gasteiger partial charge is 0.119 e. The normalized spacial score (nSPS) is 12.1. The summed E-state index contributed by atoms with van der Waals surface area (Å²) in [6.07, 6.45) is 1.36. The second-order valence-electron chi connectivity index (χ2n) is 3.80. The highest BCUT2D eigenvalue weighted by atomic mass is 32.2. The Bertz CT molecular complexity index is 351. The van der Waals surface area contributed by atoms with E-state index in [2.05, 4.69) is 0 Å². The summed E-state index contributed by atoms with van der Waals surface area (Å²) in [5, 5.41) is 8.61. The van der Waals surface area contributed by atoms with Gasteiger partial charge in [0, 0.05) is 28.9 Å². The summed E-state index contributed by atoms with van der Waals surface area (Å²) in [6, 6.07) is 7.38. The summed E-state index contributed by atoms with van der Waals surface area (Å²) in [7, 11) is 0.780. The lowest BCUT2D eigenvalue weighted by molar-refractivity contribution is 0.295. The molecule has 0 aliphatic rings. The molecule has 4 nitrogen and oxygen atoms in total. The van der Waals surface area contributed by atoms with Crippen LogP contribution in [0.15, 0.2) is 24.3 Å². The molecule has 0 heterocycles. The van der Waals surface area contributed by atoms with Crippen molar-refractivity contribution in [3.05, 3.63) is 24.3 Å². The van der Waals surface area contributed by atoms with Crippen LogP contribution in [-0.2, 0) is 10.8 Å². The van der Waals surface area contributed by atoms with E-state index >= 15 is 0 Å². The van der Waals surface area contributed by atoms with Gasteiger partial charge >= 0.3 is 0 Å². The van der Waals surface area contributed by atoms with E-state index in [9.17, 15) is 4.21 Å². The maximum atomic E-state index is 11.4. The zero-order chi connectivity index (χ0) is 13.2. The van der Waals surface area contributed by atoms with E-state index in [-0.39, 0.29) is 6.61 Å². The van der Waals surface area contributed by atoms with Crippen molar-refractivity contribution in [2.24, 2.45) is 0 Å². The van der Waals surface area contributed by atoms with Gasteiger partial charge in [-0.15, -0.1) is 0 Å². The van der Waals surface area contributed by atoms with Crippen LogP contribution in [0.5, 0.6) is 11.5 Å². The van der Waals surface area contributed by atoms with Gasteiger partial charge in [0.15, 0.2) is 0 Å². The first kappa shape index (κ1) is 15.0. The maximum absolute atomic E-state index is 11.4. The Morgan fingerprint density at radius 3 is 2.33 bits per heavy atom. The minimum absolute atomic E-state index is 0.105. The Kier molecular flexibility index (Phi) is 7.44. The van der Waals surface area contributed by atoms with E-state index in [0.29, 0.717) is 24.5 Å². The summed E-state index contributed by atoms with van der Waals surface area (Å²) in [4.78, 5) is 0. The van der Waals surface area contributed by atoms with Crippen molar-refractivity contribution in [3.8, 4) is 11.5 Å².